The Bertz CT molecular complexity index is 955. The van der Waals surface area contributed by atoms with E-state index in [1.165, 1.54) is 9.75 Å². The summed E-state index contributed by atoms with van der Waals surface area (Å²) >= 11 is 1.86. The number of unbranched alkanes of at least 4 members (excludes halogenated alkanes) is 1. The molecular weight excluding hydrogens is 372 g/mol. The zero-order valence-electron chi connectivity index (χ0n) is 16.9. The highest BCUT2D eigenvalue weighted by Crippen LogP contribution is 2.21. The van der Waals surface area contributed by atoms with Crippen LogP contribution in [0.4, 0.5) is 5.95 Å². The van der Waals surface area contributed by atoms with Gasteiger partial charge in [-0.15, -0.1) is 11.3 Å². The first kappa shape index (κ1) is 21.9. The van der Waals surface area contributed by atoms with Gasteiger partial charge in [-0.25, -0.2) is 0 Å². The summed E-state index contributed by atoms with van der Waals surface area (Å²) in [6.45, 7) is 5.65. The Labute approximate surface area is 169 Å². The molecule has 152 valence electrons. The molecule has 0 bridgehead atoms. The molecule has 0 spiro atoms. The maximum atomic E-state index is 11.8. The maximum absolute atomic E-state index is 11.8. The van der Waals surface area contributed by atoms with Gasteiger partial charge in [0.25, 0.3) is 5.56 Å². The third-order valence-corrected chi connectivity index (χ3v) is 5.56. The number of aromatic nitrogens is 3. The number of ketones is 1. The van der Waals surface area contributed by atoms with Gasteiger partial charge in [-0.1, -0.05) is 13.8 Å². The number of carbonyl (C=O) groups excluding carboxylic acids is 1. The Kier molecular flexibility index (Phi) is 8.44. The molecule has 3 rings (SSSR count). The van der Waals surface area contributed by atoms with E-state index < -0.39 is 0 Å². The van der Waals surface area contributed by atoms with E-state index in [-0.39, 0.29) is 17.3 Å². The van der Waals surface area contributed by atoms with Crippen molar-refractivity contribution in [3.8, 4) is 0 Å². The van der Waals surface area contributed by atoms with Gasteiger partial charge in [0.15, 0.2) is 0 Å². The Morgan fingerprint density at radius 1 is 1.07 bits per heavy atom. The summed E-state index contributed by atoms with van der Waals surface area (Å²) < 4.78 is 0. The van der Waals surface area contributed by atoms with Crippen LogP contribution < -0.4 is 11.3 Å². The quantitative estimate of drug-likeness (QED) is 0.461. The minimum atomic E-state index is -0.206. The summed E-state index contributed by atoms with van der Waals surface area (Å²) in [5, 5.41) is 0.554. The van der Waals surface area contributed by atoms with Crippen LogP contribution >= 0.6 is 11.3 Å². The van der Waals surface area contributed by atoms with Crippen LogP contribution in [-0.2, 0) is 24.1 Å². The van der Waals surface area contributed by atoms with Crippen LogP contribution in [0, 0.1) is 0 Å². The summed E-state index contributed by atoms with van der Waals surface area (Å²) in [4.78, 5) is 35.4. The Hall–Kier alpha value is -2.41. The summed E-state index contributed by atoms with van der Waals surface area (Å²) in [5.41, 5.74) is 6.91. The number of nitrogens with two attached hydrogens (primary N) is 1. The van der Waals surface area contributed by atoms with Crippen LogP contribution in [-0.4, -0.2) is 20.7 Å². The second-order valence-electron chi connectivity index (χ2n) is 6.64. The molecule has 0 atom stereocenters. The van der Waals surface area contributed by atoms with Crippen LogP contribution in [0.3, 0.4) is 0 Å². The van der Waals surface area contributed by atoms with Crippen molar-refractivity contribution in [3.63, 3.8) is 0 Å². The van der Waals surface area contributed by atoms with E-state index in [4.69, 9.17) is 5.73 Å². The molecular formula is C21H30N4O2S. The normalized spacial score (nSPS) is 10.7. The Morgan fingerprint density at radius 2 is 1.75 bits per heavy atom. The second kappa shape index (κ2) is 10.8. The van der Waals surface area contributed by atoms with Gasteiger partial charge in [0.2, 0.25) is 5.95 Å². The Morgan fingerprint density at radius 3 is 2.43 bits per heavy atom. The van der Waals surface area contributed by atoms with Crippen molar-refractivity contribution in [2.75, 3.05) is 5.73 Å². The van der Waals surface area contributed by atoms with Crippen LogP contribution in [0.1, 0.15) is 61.9 Å². The number of Topliss-reactive ketones (excluding diaryl/α,β-unsaturated/α-hetero) is 1. The molecule has 0 radical (unpaired) electrons. The van der Waals surface area contributed by atoms with Crippen molar-refractivity contribution < 1.29 is 4.79 Å². The number of H-pyrrole nitrogens is 2. The molecule has 3 aromatic heterocycles. The fourth-order valence-corrected chi connectivity index (χ4v) is 4.15. The third kappa shape index (κ3) is 6.34. The van der Waals surface area contributed by atoms with Crippen molar-refractivity contribution in [1.82, 2.24) is 15.0 Å². The molecule has 28 heavy (non-hydrogen) atoms. The number of thiophene rings is 1. The summed E-state index contributed by atoms with van der Waals surface area (Å²) in [5.74, 6) is 0.402. The molecule has 0 saturated carbocycles. The topological polar surface area (TPSA) is 105 Å². The number of anilines is 1. The highest BCUT2D eigenvalue weighted by Gasteiger charge is 2.07. The zero-order valence-corrected chi connectivity index (χ0v) is 17.7. The number of hydrogen-bond acceptors (Lipinski definition) is 5. The summed E-state index contributed by atoms with van der Waals surface area (Å²) in [6, 6.07) is 6.25. The van der Waals surface area contributed by atoms with Crippen LogP contribution in [0.15, 0.2) is 23.0 Å². The lowest BCUT2D eigenvalue weighted by Gasteiger charge is -1.98. The number of hydrogen-bond donors (Lipinski definition) is 3. The van der Waals surface area contributed by atoms with Gasteiger partial charge in [0.1, 0.15) is 11.4 Å². The fourth-order valence-electron chi connectivity index (χ4n) is 3.04. The molecule has 3 heterocycles. The minimum absolute atomic E-state index is 0.130. The van der Waals surface area contributed by atoms with E-state index >= 15 is 0 Å². The average molecular weight is 403 g/mol. The lowest BCUT2D eigenvalue weighted by molar-refractivity contribution is -0.117. The highest BCUT2D eigenvalue weighted by atomic mass is 32.1. The predicted molar refractivity (Wildman–Crippen MR) is 117 cm³/mol. The first-order chi connectivity index (χ1) is 13.5. The smallest absolute Gasteiger partial charge is 0.261 e. The maximum Gasteiger partial charge on any atom is 0.261 e. The monoisotopic (exact) mass is 402 g/mol. The van der Waals surface area contributed by atoms with Crippen LogP contribution in [0.25, 0.3) is 11.0 Å². The number of rotatable bonds is 9. The molecule has 0 amide bonds. The zero-order chi connectivity index (χ0) is 20.5. The van der Waals surface area contributed by atoms with Gasteiger partial charge >= 0.3 is 0 Å². The number of nitrogens with one attached hydrogen (secondary N) is 2. The van der Waals surface area contributed by atoms with Gasteiger partial charge in [0.05, 0.1) is 5.39 Å². The molecule has 0 unspecified atom stereocenters. The van der Waals surface area contributed by atoms with Crippen molar-refractivity contribution in [2.45, 2.75) is 65.7 Å². The number of nitrogens with zero attached hydrogens (tertiary/aromatic N) is 1. The van der Waals surface area contributed by atoms with E-state index in [0.29, 0.717) is 17.5 Å². The standard InChI is InChI=1S/C19H24N4O2S.C2H6/c1-12(24)5-2-3-7-14-9-10-15(26-14)8-4-6-13-11-16-17(21-13)22-19(20)23-18(16)25;1-2/h9-11H,2-8H2,1H3,(H4,20,21,22,23,25);1-2H3. The molecule has 0 aromatic carbocycles. The van der Waals surface area contributed by atoms with E-state index in [1.807, 2.05) is 31.3 Å². The van der Waals surface area contributed by atoms with E-state index in [1.54, 1.807) is 6.92 Å². The molecule has 0 aliphatic heterocycles. The molecule has 0 aliphatic carbocycles. The predicted octanol–water partition coefficient (Wildman–Crippen LogP) is 4.40. The fraction of sp³-hybridized carbons (Fsp3) is 0.476. The van der Waals surface area contributed by atoms with Gasteiger partial charge in [-0.3, -0.25) is 9.78 Å². The molecule has 0 saturated heterocycles. The number of aryl methyl sites for hydroxylation is 3. The number of nitrogen functional groups attached to an aromatic ring is 1. The van der Waals surface area contributed by atoms with E-state index in [9.17, 15) is 9.59 Å². The molecule has 0 aliphatic rings. The lowest BCUT2D eigenvalue weighted by Crippen LogP contribution is -2.09. The van der Waals surface area contributed by atoms with E-state index in [2.05, 4.69) is 27.1 Å². The van der Waals surface area contributed by atoms with Crippen molar-refractivity contribution in [3.05, 3.63) is 44.0 Å². The first-order valence-corrected chi connectivity index (χ1v) is 10.8. The van der Waals surface area contributed by atoms with Crippen LogP contribution in [0.5, 0.6) is 0 Å². The second-order valence-corrected chi connectivity index (χ2v) is 7.89. The SMILES string of the molecule is CC.CC(=O)CCCCc1ccc(CCCc2cc3c(=O)[nH]c(N)nc3[nH]2)s1. The number of fused-ring (bicyclic) bond motifs is 1. The number of aromatic amines is 2. The Balaban J connectivity index is 0.00000136. The van der Waals surface area contributed by atoms with Gasteiger partial charge in [0, 0.05) is 21.9 Å². The molecule has 3 aromatic rings. The molecule has 0 fully saturated rings. The molecule has 4 N–H and O–H groups in total. The molecule has 7 heteroatoms. The van der Waals surface area contributed by atoms with Gasteiger partial charge < -0.3 is 15.5 Å². The van der Waals surface area contributed by atoms with Gasteiger partial charge in [-0.05, 0) is 63.6 Å². The van der Waals surface area contributed by atoms with Crippen molar-refractivity contribution in [1.29, 1.82) is 0 Å². The van der Waals surface area contributed by atoms with Gasteiger partial charge in [-0.2, -0.15) is 4.98 Å². The lowest BCUT2D eigenvalue weighted by atomic mass is 10.1. The number of carbonyl (C=O) groups is 1. The van der Waals surface area contributed by atoms with Crippen LogP contribution in [0.2, 0.25) is 0 Å². The summed E-state index contributed by atoms with van der Waals surface area (Å²) in [6.07, 6.45) is 6.66. The largest absolute Gasteiger partial charge is 0.369 e. The molecule has 6 nitrogen and oxygen atoms in total. The highest BCUT2D eigenvalue weighted by molar-refractivity contribution is 7.11. The summed E-state index contributed by atoms with van der Waals surface area (Å²) in [7, 11) is 0. The van der Waals surface area contributed by atoms with Crippen molar-refractivity contribution in [2.24, 2.45) is 0 Å². The first-order valence-electron chi connectivity index (χ1n) is 9.95. The van der Waals surface area contributed by atoms with Crippen molar-refractivity contribution >= 4 is 34.1 Å². The average Bonchev–Trinajstić information content (AvgIpc) is 3.27. The minimum Gasteiger partial charge on any atom is -0.369 e. The van der Waals surface area contributed by atoms with E-state index in [0.717, 1.165) is 44.2 Å². The third-order valence-electron chi connectivity index (χ3n) is 4.36.